The van der Waals surface area contributed by atoms with Crippen molar-refractivity contribution in [3.63, 3.8) is 0 Å². The van der Waals surface area contributed by atoms with Crippen molar-refractivity contribution >= 4 is 65.6 Å². The van der Waals surface area contributed by atoms with Crippen molar-refractivity contribution in [2.45, 2.75) is 0 Å². The molecule has 0 aliphatic heterocycles. The summed E-state index contributed by atoms with van der Waals surface area (Å²) in [4.78, 5) is 14.8. The molecule has 0 bridgehead atoms. The van der Waals surface area contributed by atoms with E-state index in [1.165, 1.54) is 0 Å². The molecule has 266 valence electrons. The Hall–Kier alpha value is -7.83. The van der Waals surface area contributed by atoms with Gasteiger partial charge in [-0.2, -0.15) is 0 Å². The number of furan rings is 1. The van der Waals surface area contributed by atoms with Crippen LogP contribution in [0.25, 0.3) is 111 Å². The lowest BCUT2D eigenvalue weighted by atomic mass is 10.0. The van der Waals surface area contributed by atoms with Crippen molar-refractivity contribution in [3.05, 3.63) is 188 Å². The second-order valence-corrected chi connectivity index (χ2v) is 13.7. The summed E-state index contributed by atoms with van der Waals surface area (Å²) in [6.07, 6.45) is 0. The molecule has 57 heavy (non-hydrogen) atoms. The lowest BCUT2D eigenvalue weighted by Crippen LogP contribution is -2.00. The maximum atomic E-state index is 9.59. The topological polar surface area (TPSA) is 61.7 Å². The number of para-hydroxylation sites is 3. The van der Waals surface area contributed by atoms with Crippen LogP contribution in [-0.4, -0.2) is 24.1 Å². The minimum absolute atomic E-state index is 0.0103. The highest BCUT2D eigenvalue weighted by molar-refractivity contribution is 6.24. The summed E-state index contributed by atoms with van der Waals surface area (Å²) in [7, 11) is 0. The van der Waals surface area contributed by atoms with Crippen LogP contribution < -0.4 is 0 Å². The van der Waals surface area contributed by atoms with E-state index in [0.29, 0.717) is 51.0 Å². The average molecular weight is 740 g/mol. The third-order valence-corrected chi connectivity index (χ3v) is 10.4. The summed E-state index contributed by atoms with van der Waals surface area (Å²) in [6.45, 7) is 0. The van der Waals surface area contributed by atoms with E-state index < -0.39 is 30.2 Å². The fraction of sp³-hybridized carbons (Fsp3) is 0. The second kappa shape index (κ2) is 12.3. The van der Waals surface area contributed by atoms with Crippen molar-refractivity contribution in [2.75, 3.05) is 0 Å². The molecule has 0 amide bonds. The first-order valence-corrected chi connectivity index (χ1v) is 18.3. The van der Waals surface area contributed by atoms with Crippen LogP contribution in [0.15, 0.2) is 192 Å². The van der Waals surface area contributed by atoms with Crippen LogP contribution in [0.5, 0.6) is 0 Å². The van der Waals surface area contributed by atoms with Crippen molar-refractivity contribution in [1.29, 1.82) is 0 Å². The van der Waals surface area contributed by atoms with E-state index >= 15 is 0 Å². The monoisotopic (exact) mass is 739 g/mol. The minimum atomic E-state index is -0.518. The molecule has 4 aromatic heterocycles. The Morgan fingerprint density at radius 2 is 0.965 bits per heavy atom. The highest BCUT2D eigenvalue weighted by atomic mass is 16.3. The Kier molecular flexibility index (Phi) is 5.02. The summed E-state index contributed by atoms with van der Waals surface area (Å²) in [6, 6.07) is 35.0. The molecule has 0 unspecified atom stereocenters. The molecule has 6 heteroatoms. The van der Waals surface area contributed by atoms with Gasteiger partial charge in [0.05, 0.1) is 41.5 Å². The normalized spacial score (nSPS) is 14.3. The van der Waals surface area contributed by atoms with Gasteiger partial charge in [0, 0.05) is 60.8 Å². The molecule has 0 atom stereocenters. The second-order valence-electron chi connectivity index (χ2n) is 13.7. The predicted molar refractivity (Wildman–Crippen MR) is 232 cm³/mol. The van der Waals surface area contributed by atoms with E-state index in [1.807, 2.05) is 84.9 Å². The van der Waals surface area contributed by atoms with E-state index in [0.717, 1.165) is 16.5 Å². The summed E-state index contributed by atoms with van der Waals surface area (Å²) in [5.41, 5.74) is 4.68. The van der Waals surface area contributed by atoms with Gasteiger partial charge < -0.3 is 13.6 Å². The maximum Gasteiger partial charge on any atom is 0.164 e. The van der Waals surface area contributed by atoms with Crippen molar-refractivity contribution in [2.24, 2.45) is 0 Å². The van der Waals surface area contributed by atoms with Gasteiger partial charge in [0.25, 0.3) is 0 Å². The molecular formula is C51H31N5O. The van der Waals surface area contributed by atoms with Crippen LogP contribution in [0.1, 0.15) is 13.7 Å². The summed E-state index contributed by atoms with van der Waals surface area (Å²) < 4.78 is 101. The Balaban J connectivity index is 1.21. The quantitative estimate of drug-likeness (QED) is 0.176. The first kappa shape index (κ1) is 23.2. The molecule has 0 aliphatic carbocycles. The van der Waals surface area contributed by atoms with Gasteiger partial charge in [-0.1, -0.05) is 139 Å². The fourth-order valence-corrected chi connectivity index (χ4v) is 7.97. The lowest BCUT2D eigenvalue weighted by Gasteiger charge is -2.12. The molecule has 0 saturated heterocycles. The largest absolute Gasteiger partial charge is 0.456 e. The average Bonchev–Trinajstić information content (AvgIpc) is 4.05. The molecule has 12 rings (SSSR count). The molecule has 0 saturated carbocycles. The van der Waals surface area contributed by atoms with Gasteiger partial charge in [-0.05, 0) is 42.4 Å². The SMILES string of the molecule is [2H]c1c([2H])c([2H])c2c(c1[2H])c1c([2H])c([2H])c3c4c([2H])c([2H])c([2H])c([2H])c4n(-c4ccc5c(c4)oc4cccc(-c6nc(-c7ccccc7)nc(-c7ccccc7)n6)c45)c3c1n2-c1ccccc1. The number of benzene rings is 8. The summed E-state index contributed by atoms with van der Waals surface area (Å²) in [5.74, 6) is 1.40. The molecule has 0 aliphatic rings. The van der Waals surface area contributed by atoms with E-state index in [-0.39, 0.29) is 73.8 Å². The van der Waals surface area contributed by atoms with Crippen molar-refractivity contribution in [1.82, 2.24) is 24.1 Å². The van der Waals surface area contributed by atoms with Gasteiger partial charge >= 0.3 is 0 Å². The number of aromatic nitrogens is 5. The zero-order valence-electron chi connectivity index (χ0n) is 39.8. The Morgan fingerprint density at radius 1 is 0.421 bits per heavy atom. The van der Waals surface area contributed by atoms with Crippen LogP contribution in [0, 0.1) is 0 Å². The third-order valence-electron chi connectivity index (χ3n) is 10.4. The van der Waals surface area contributed by atoms with Gasteiger partial charge in [-0.25, -0.2) is 15.0 Å². The Morgan fingerprint density at radius 3 is 1.58 bits per heavy atom. The molecule has 4 heterocycles. The molecule has 0 fully saturated rings. The molecule has 6 nitrogen and oxygen atoms in total. The highest BCUT2D eigenvalue weighted by Gasteiger charge is 2.23. The van der Waals surface area contributed by atoms with Crippen LogP contribution in [0.4, 0.5) is 0 Å². The van der Waals surface area contributed by atoms with Gasteiger partial charge in [0.15, 0.2) is 17.5 Å². The standard InChI is InChI=1S/C51H31N5O/c1-4-15-32(16-5-1)49-52-50(33-17-6-2-7-18-33)54-51(53-49)41-23-14-26-44-46(41)40-28-27-35(31-45(40)57-44)56-43-25-13-11-22-37(43)39-30-29-38-36-21-10-12-24-42(36)55(47(38)48(39)56)34-19-8-3-9-20-34/h1-31H/i10D,11D,12D,13D,21D,22D,24D,25D,29D,30D. The summed E-state index contributed by atoms with van der Waals surface area (Å²) in [5, 5.41) is 1.59. The third kappa shape index (κ3) is 4.81. The van der Waals surface area contributed by atoms with Gasteiger partial charge in [-0.3, -0.25) is 0 Å². The number of hydrogen-bond donors (Lipinski definition) is 0. The first-order valence-electron chi connectivity index (χ1n) is 23.3. The zero-order chi connectivity index (χ0) is 46.2. The van der Waals surface area contributed by atoms with Gasteiger partial charge in [-0.15, -0.1) is 0 Å². The number of hydrogen-bond acceptors (Lipinski definition) is 4. The fourth-order valence-electron chi connectivity index (χ4n) is 7.97. The van der Waals surface area contributed by atoms with Gasteiger partial charge in [0.2, 0.25) is 0 Å². The smallest absolute Gasteiger partial charge is 0.164 e. The molecule has 12 aromatic rings. The van der Waals surface area contributed by atoms with Crippen molar-refractivity contribution in [3.8, 4) is 45.5 Å². The Bertz CT molecular complexity index is 4040. The number of rotatable bonds is 5. The van der Waals surface area contributed by atoms with Crippen LogP contribution in [0.3, 0.4) is 0 Å². The van der Waals surface area contributed by atoms with Crippen LogP contribution in [0.2, 0.25) is 0 Å². The Labute approximate surface area is 340 Å². The molecule has 0 radical (unpaired) electrons. The van der Waals surface area contributed by atoms with E-state index in [4.69, 9.17) is 26.2 Å². The van der Waals surface area contributed by atoms with E-state index in [9.17, 15) is 6.85 Å². The maximum absolute atomic E-state index is 9.59. The van der Waals surface area contributed by atoms with Crippen LogP contribution in [-0.2, 0) is 0 Å². The van der Waals surface area contributed by atoms with Gasteiger partial charge in [0.1, 0.15) is 11.2 Å². The number of nitrogens with zero attached hydrogens (tertiary/aromatic N) is 5. The zero-order valence-corrected chi connectivity index (χ0v) is 29.8. The summed E-state index contributed by atoms with van der Waals surface area (Å²) >= 11 is 0. The van der Waals surface area contributed by atoms with Crippen molar-refractivity contribution < 1.29 is 18.1 Å². The minimum Gasteiger partial charge on any atom is -0.456 e. The first-order chi connectivity index (χ1) is 32.4. The van der Waals surface area contributed by atoms with E-state index in [2.05, 4.69) is 0 Å². The van der Waals surface area contributed by atoms with Crippen LogP contribution >= 0.6 is 0 Å². The van der Waals surface area contributed by atoms with E-state index in [1.54, 1.807) is 51.6 Å². The molecule has 0 N–H and O–H groups in total. The molecular weight excluding hydrogens is 699 g/mol. The highest BCUT2D eigenvalue weighted by Crippen LogP contribution is 2.43. The molecule has 8 aromatic carbocycles. The lowest BCUT2D eigenvalue weighted by molar-refractivity contribution is 0.668. The molecule has 0 spiro atoms. The predicted octanol–water partition coefficient (Wildman–Crippen LogP) is 13.0. The number of fused-ring (bicyclic) bond motifs is 10.